The Morgan fingerprint density at radius 2 is 1.91 bits per heavy atom. The van der Waals surface area contributed by atoms with Crippen LogP contribution in [0.5, 0.6) is 5.75 Å². The molecule has 0 saturated carbocycles. The third-order valence-corrected chi connectivity index (χ3v) is 4.60. The van der Waals surface area contributed by atoms with Gasteiger partial charge in [-0.25, -0.2) is 0 Å². The van der Waals surface area contributed by atoms with Gasteiger partial charge in [0.05, 0.1) is 0 Å². The molecule has 1 N–H and O–H groups in total. The Hall–Kier alpha value is -1.51. The molecule has 2 atom stereocenters. The van der Waals surface area contributed by atoms with Crippen molar-refractivity contribution in [3.05, 3.63) is 29.3 Å². The van der Waals surface area contributed by atoms with E-state index in [1.807, 2.05) is 26.0 Å². The molecule has 0 aliphatic heterocycles. The van der Waals surface area contributed by atoms with Crippen molar-refractivity contribution in [2.75, 3.05) is 6.54 Å². The van der Waals surface area contributed by atoms with Gasteiger partial charge in [0.15, 0.2) is 6.10 Å². The van der Waals surface area contributed by atoms with E-state index < -0.39 is 6.10 Å². The summed E-state index contributed by atoms with van der Waals surface area (Å²) in [6, 6.07) is 5.97. The maximum atomic E-state index is 12.4. The monoisotopic (exact) mass is 319 g/mol. The minimum atomic E-state index is -0.417. The highest BCUT2D eigenvalue weighted by atomic mass is 16.5. The van der Waals surface area contributed by atoms with Crippen molar-refractivity contribution in [3.8, 4) is 5.75 Å². The van der Waals surface area contributed by atoms with Crippen LogP contribution >= 0.6 is 0 Å². The zero-order valence-corrected chi connectivity index (χ0v) is 15.4. The van der Waals surface area contributed by atoms with E-state index in [4.69, 9.17) is 4.74 Å². The van der Waals surface area contributed by atoms with E-state index in [9.17, 15) is 4.79 Å². The Kier molecular flexibility index (Phi) is 8.75. The van der Waals surface area contributed by atoms with E-state index in [0.717, 1.165) is 24.3 Å². The Morgan fingerprint density at radius 3 is 2.52 bits per heavy atom. The van der Waals surface area contributed by atoms with E-state index in [0.29, 0.717) is 12.3 Å². The maximum Gasteiger partial charge on any atom is 0.261 e. The fourth-order valence-electron chi connectivity index (χ4n) is 2.63. The molecule has 0 fully saturated rings. The molecule has 0 heterocycles. The van der Waals surface area contributed by atoms with E-state index in [2.05, 4.69) is 32.2 Å². The molecule has 3 heteroatoms. The lowest BCUT2D eigenvalue weighted by Gasteiger charge is -2.21. The second-order valence-electron chi connectivity index (χ2n) is 6.37. The largest absolute Gasteiger partial charge is 0.480 e. The minimum absolute atomic E-state index is 0.00311. The lowest BCUT2D eigenvalue weighted by molar-refractivity contribution is -0.128. The first-order valence-corrected chi connectivity index (χ1v) is 9.03. The molecule has 130 valence electrons. The number of hydrogen-bond acceptors (Lipinski definition) is 2. The first kappa shape index (κ1) is 19.5. The fraction of sp³-hybridized carbons (Fsp3) is 0.650. The summed E-state index contributed by atoms with van der Waals surface area (Å²) < 4.78 is 5.97. The highest BCUT2D eigenvalue weighted by molar-refractivity contribution is 5.81. The summed E-state index contributed by atoms with van der Waals surface area (Å²) in [5.41, 5.74) is 2.29. The Bertz CT molecular complexity index is 485. The number of rotatable bonds is 10. The quantitative estimate of drug-likeness (QED) is 0.673. The predicted octanol–water partition coefficient (Wildman–Crippen LogP) is 4.79. The molecule has 1 aromatic rings. The van der Waals surface area contributed by atoms with Gasteiger partial charge in [-0.3, -0.25) is 4.79 Å². The molecule has 0 saturated heterocycles. The molecule has 23 heavy (non-hydrogen) atoms. The van der Waals surface area contributed by atoms with Crippen LogP contribution in [0.15, 0.2) is 18.2 Å². The average molecular weight is 319 g/mol. The van der Waals surface area contributed by atoms with Crippen LogP contribution in [0, 0.1) is 19.8 Å². The van der Waals surface area contributed by atoms with Crippen LogP contribution in [0.1, 0.15) is 64.0 Å². The lowest BCUT2D eigenvalue weighted by Crippen LogP contribution is -2.40. The van der Waals surface area contributed by atoms with Gasteiger partial charge in [-0.05, 0) is 49.8 Å². The van der Waals surface area contributed by atoms with E-state index in [1.54, 1.807) is 0 Å². The van der Waals surface area contributed by atoms with Crippen molar-refractivity contribution in [2.24, 2.45) is 5.92 Å². The standard InChI is InChI=1S/C20H33NO2/c1-6-9-12-17(7-2)14-21-20(22)18(8-3)23-19-13-10-11-15(4)16(19)5/h10-11,13,17-18H,6-9,12,14H2,1-5H3,(H,21,22)/t17-,18-/m0/s1. The van der Waals surface area contributed by atoms with Gasteiger partial charge >= 0.3 is 0 Å². The smallest absolute Gasteiger partial charge is 0.261 e. The molecule has 0 aliphatic carbocycles. The van der Waals surface area contributed by atoms with Crippen LogP contribution in [0.25, 0.3) is 0 Å². The lowest BCUT2D eigenvalue weighted by atomic mass is 9.99. The highest BCUT2D eigenvalue weighted by Gasteiger charge is 2.20. The van der Waals surface area contributed by atoms with Crippen molar-refractivity contribution in [1.29, 1.82) is 0 Å². The van der Waals surface area contributed by atoms with Gasteiger partial charge in [0.1, 0.15) is 5.75 Å². The summed E-state index contributed by atoms with van der Waals surface area (Å²) in [4.78, 5) is 12.4. The van der Waals surface area contributed by atoms with Gasteiger partial charge in [0.25, 0.3) is 5.91 Å². The van der Waals surface area contributed by atoms with Gasteiger partial charge in [-0.15, -0.1) is 0 Å². The van der Waals surface area contributed by atoms with Gasteiger partial charge < -0.3 is 10.1 Å². The van der Waals surface area contributed by atoms with Crippen LogP contribution in [0.3, 0.4) is 0 Å². The van der Waals surface area contributed by atoms with Gasteiger partial charge in [0.2, 0.25) is 0 Å². The summed E-state index contributed by atoms with van der Waals surface area (Å²) in [7, 11) is 0. The molecule has 0 unspecified atom stereocenters. The first-order valence-electron chi connectivity index (χ1n) is 9.03. The summed E-state index contributed by atoms with van der Waals surface area (Å²) in [5.74, 6) is 1.38. The molecular formula is C20H33NO2. The third kappa shape index (κ3) is 6.25. The van der Waals surface area contributed by atoms with Crippen LogP contribution in [0.2, 0.25) is 0 Å². The van der Waals surface area contributed by atoms with Crippen molar-refractivity contribution < 1.29 is 9.53 Å². The summed E-state index contributed by atoms with van der Waals surface area (Å²) in [6.45, 7) is 11.2. The SMILES string of the molecule is CCCC[C@H](CC)CNC(=O)[C@H](CC)Oc1cccc(C)c1C. The molecule has 0 aromatic heterocycles. The molecule has 0 bridgehead atoms. The topological polar surface area (TPSA) is 38.3 Å². The molecule has 3 nitrogen and oxygen atoms in total. The molecule has 1 aromatic carbocycles. The molecule has 1 amide bonds. The number of carbonyl (C=O) groups is 1. The van der Waals surface area contributed by atoms with E-state index in [1.165, 1.54) is 24.8 Å². The fourth-order valence-corrected chi connectivity index (χ4v) is 2.63. The number of carbonyl (C=O) groups excluding carboxylic acids is 1. The summed E-state index contributed by atoms with van der Waals surface area (Å²) >= 11 is 0. The molecule has 0 radical (unpaired) electrons. The van der Waals surface area contributed by atoms with Crippen molar-refractivity contribution in [1.82, 2.24) is 5.32 Å². The first-order chi connectivity index (χ1) is 11.0. The zero-order chi connectivity index (χ0) is 17.2. The Balaban J connectivity index is 2.59. The van der Waals surface area contributed by atoms with Crippen molar-refractivity contribution in [2.45, 2.75) is 72.8 Å². The van der Waals surface area contributed by atoms with Crippen LogP contribution < -0.4 is 10.1 Å². The number of ether oxygens (including phenoxy) is 1. The summed E-state index contributed by atoms with van der Waals surface area (Å²) in [6.07, 6.45) is 4.98. The minimum Gasteiger partial charge on any atom is -0.480 e. The third-order valence-electron chi connectivity index (χ3n) is 4.60. The van der Waals surface area contributed by atoms with Crippen molar-refractivity contribution >= 4 is 5.91 Å². The molecule has 0 spiro atoms. The number of hydrogen-bond donors (Lipinski definition) is 1. The van der Waals surface area contributed by atoms with Gasteiger partial charge in [0, 0.05) is 6.54 Å². The number of unbranched alkanes of at least 4 members (excludes halogenated alkanes) is 1. The van der Waals surface area contributed by atoms with Crippen molar-refractivity contribution in [3.63, 3.8) is 0 Å². The second-order valence-corrected chi connectivity index (χ2v) is 6.37. The molecule has 1 rings (SSSR count). The Morgan fingerprint density at radius 1 is 1.17 bits per heavy atom. The number of nitrogens with one attached hydrogen (secondary N) is 1. The number of amides is 1. The zero-order valence-electron chi connectivity index (χ0n) is 15.4. The van der Waals surface area contributed by atoms with Crippen LogP contribution in [-0.2, 0) is 4.79 Å². The van der Waals surface area contributed by atoms with E-state index in [-0.39, 0.29) is 5.91 Å². The second kappa shape index (κ2) is 10.3. The molecule has 0 aliphatic rings. The average Bonchev–Trinajstić information content (AvgIpc) is 2.56. The van der Waals surface area contributed by atoms with Gasteiger partial charge in [-0.2, -0.15) is 0 Å². The highest BCUT2D eigenvalue weighted by Crippen LogP contribution is 2.22. The predicted molar refractivity (Wildman–Crippen MR) is 96.9 cm³/mol. The summed E-state index contributed by atoms with van der Waals surface area (Å²) in [5, 5.41) is 3.08. The van der Waals surface area contributed by atoms with Crippen LogP contribution in [0.4, 0.5) is 0 Å². The number of benzene rings is 1. The number of aryl methyl sites for hydroxylation is 1. The Labute approximate surface area is 141 Å². The van der Waals surface area contributed by atoms with Gasteiger partial charge in [-0.1, -0.05) is 52.2 Å². The maximum absolute atomic E-state index is 12.4. The van der Waals surface area contributed by atoms with E-state index >= 15 is 0 Å². The van der Waals surface area contributed by atoms with Crippen LogP contribution in [-0.4, -0.2) is 18.6 Å². The normalized spacial score (nSPS) is 13.4. The molecular weight excluding hydrogens is 286 g/mol.